The van der Waals surface area contributed by atoms with Gasteiger partial charge in [0.1, 0.15) is 0 Å². The Morgan fingerprint density at radius 3 is 2.65 bits per heavy atom. The van der Waals surface area contributed by atoms with Crippen molar-refractivity contribution in [1.82, 2.24) is 4.98 Å². The highest BCUT2D eigenvalue weighted by Gasteiger charge is 2.37. The first kappa shape index (κ1) is 17.5. The third-order valence-electron chi connectivity index (χ3n) is 4.43. The van der Waals surface area contributed by atoms with Gasteiger partial charge in [-0.2, -0.15) is 0 Å². The van der Waals surface area contributed by atoms with E-state index in [4.69, 9.17) is 0 Å². The number of aliphatic imine (C=N–C) groups is 1. The average Bonchev–Trinajstić information content (AvgIpc) is 2.61. The minimum Gasteiger partial charge on any atom is -0.478 e. The fourth-order valence-electron chi connectivity index (χ4n) is 3.42. The van der Waals surface area contributed by atoms with E-state index in [9.17, 15) is 20.0 Å². The van der Waals surface area contributed by atoms with E-state index in [0.717, 1.165) is 11.4 Å². The molecule has 0 spiro atoms. The number of carboxylic acid groups (broad SMARTS) is 1. The van der Waals surface area contributed by atoms with Gasteiger partial charge >= 0.3 is 5.97 Å². The van der Waals surface area contributed by atoms with Crippen LogP contribution in [0.4, 0.5) is 5.69 Å². The molecular weight excluding hydrogens is 334 g/mol. The summed E-state index contributed by atoms with van der Waals surface area (Å²) < 4.78 is 0. The number of carbonyl (C=O) groups is 1. The summed E-state index contributed by atoms with van der Waals surface area (Å²) in [5.41, 5.74) is 2.27. The summed E-state index contributed by atoms with van der Waals surface area (Å²) in [5.74, 6) is -1.07. The fourth-order valence-corrected chi connectivity index (χ4v) is 3.42. The summed E-state index contributed by atoms with van der Waals surface area (Å²) in [6.07, 6.45) is 5.29. The van der Waals surface area contributed by atoms with Gasteiger partial charge in [0.25, 0.3) is 5.69 Å². The molecule has 132 valence electrons. The van der Waals surface area contributed by atoms with Crippen molar-refractivity contribution in [3.8, 4) is 0 Å². The van der Waals surface area contributed by atoms with Crippen molar-refractivity contribution in [3.63, 3.8) is 0 Å². The van der Waals surface area contributed by atoms with Crippen molar-refractivity contribution in [3.05, 3.63) is 81.3 Å². The van der Waals surface area contributed by atoms with Crippen molar-refractivity contribution in [2.24, 2.45) is 4.99 Å². The minimum atomic E-state index is -1.07. The van der Waals surface area contributed by atoms with E-state index in [1.54, 1.807) is 18.3 Å². The molecule has 0 amide bonds. The maximum atomic E-state index is 11.4. The van der Waals surface area contributed by atoms with E-state index in [2.05, 4.69) is 9.98 Å². The zero-order valence-electron chi connectivity index (χ0n) is 14.3. The van der Waals surface area contributed by atoms with E-state index in [0.29, 0.717) is 17.5 Å². The van der Waals surface area contributed by atoms with Crippen LogP contribution in [0.25, 0.3) is 0 Å². The lowest BCUT2D eigenvalue weighted by Crippen LogP contribution is -2.31. The molecule has 0 bridgehead atoms. The number of nitrogens with zero attached hydrogens (tertiary/aromatic N) is 3. The second-order valence-electron chi connectivity index (χ2n) is 6.36. The lowest BCUT2D eigenvalue weighted by molar-refractivity contribution is -0.384. The lowest BCUT2D eigenvalue weighted by atomic mass is 9.69. The van der Waals surface area contributed by atoms with Crippen LogP contribution < -0.4 is 0 Å². The number of benzene rings is 1. The van der Waals surface area contributed by atoms with Crippen LogP contribution in [0.5, 0.6) is 0 Å². The molecule has 1 N–H and O–H groups in total. The zero-order chi connectivity index (χ0) is 18.9. The number of nitro groups is 1. The molecule has 1 aromatic heterocycles. The molecule has 7 nitrogen and oxygen atoms in total. The van der Waals surface area contributed by atoms with Gasteiger partial charge in [0.15, 0.2) is 0 Å². The number of hydrogen-bond acceptors (Lipinski definition) is 5. The number of aromatic nitrogens is 1. The molecule has 1 unspecified atom stereocenters. The Balaban J connectivity index is 2.27. The molecule has 1 aromatic carbocycles. The molecule has 1 aliphatic heterocycles. The second kappa shape index (κ2) is 6.51. The molecule has 1 aliphatic rings. The molecule has 26 heavy (non-hydrogen) atoms. The number of allylic oxidation sites excluding steroid dienone is 2. The quantitative estimate of drug-likeness (QED) is 0.667. The van der Waals surface area contributed by atoms with Crippen molar-refractivity contribution in [2.45, 2.75) is 25.7 Å². The Kier molecular flexibility index (Phi) is 4.38. The molecular formula is C19H17N3O4. The number of nitro benzene ring substituents is 1. The Bertz CT molecular complexity index is 905. The molecule has 2 heterocycles. The van der Waals surface area contributed by atoms with E-state index in [1.165, 1.54) is 18.3 Å². The first-order valence-electron chi connectivity index (χ1n) is 7.99. The molecule has 2 aromatic rings. The number of carboxylic acids is 1. The monoisotopic (exact) mass is 351 g/mol. The first-order chi connectivity index (χ1) is 12.3. The number of pyridine rings is 1. The normalized spacial score (nSPS) is 19.5. The Morgan fingerprint density at radius 2 is 2.00 bits per heavy atom. The summed E-state index contributed by atoms with van der Waals surface area (Å²) in [5, 5.41) is 20.5. The predicted molar refractivity (Wildman–Crippen MR) is 96.6 cm³/mol. The molecule has 7 heteroatoms. The highest BCUT2D eigenvalue weighted by molar-refractivity contribution is 5.89. The van der Waals surface area contributed by atoms with Gasteiger partial charge in [-0.15, -0.1) is 0 Å². The minimum absolute atomic E-state index is 0.0181. The van der Waals surface area contributed by atoms with Crippen molar-refractivity contribution in [2.75, 3.05) is 0 Å². The Labute approximate surface area is 149 Å². The Hall–Kier alpha value is -3.35. The van der Waals surface area contributed by atoms with E-state index in [1.807, 2.05) is 26.0 Å². The second-order valence-corrected chi connectivity index (χ2v) is 6.36. The number of hydrogen-bond donors (Lipinski definition) is 1. The largest absolute Gasteiger partial charge is 0.478 e. The van der Waals surface area contributed by atoms with Gasteiger partial charge in [0, 0.05) is 47.8 Å². The van der Waals surface area contributed by atoms with Gasteiger partial charge in [-0.1, -0.05) is 12.1 Å². The van der Waals surface area contributed by atoms with Crippen LogP contribution in [-0.4, -0.2) is 26.7 Å². The van der Waals surface area contributed by atoms with Crippen LogP contribution >= 0.6 is 0 Å². The molecule has 3 rings (SSSR count). The smallest absolute Gasteiger partial charge is 0.337 e. The third-order valence-corrected chi connectivity index (χ3v) is 4.43. The molecule has 0 aliphatic carbocycles. The van der Waals surface area contributed by atoms with Crippen LogP contribution in [0.1, 0.15) is 41.8 Å². The standard InChI is InChI=1S/C19H17N3O4/c1-12-8-19(9-13(2)21-12,15-4-3-5-17(7-15)22(25)26)16-6-14(18(23)24)10-20-11-16/h3-8,10-11H,9H2,1-2H3,(H,23,24). The topological polar surface area (TPSA) is 106 Å². The van der Waals surface area contributed by atoms with Crippen LogP contribution in [0.15, 0.2) is 59.5 Å². The first-order valence-corrected chi connectivity index (χ1v) is 7.99. The van der Waals surface area contributed by atoms with Crippen molar-refractivity contribution >= 4 is 17.4 Å². The summed E-state index contributed by atoms with van der Waals surface area (Å²) >= 11 is 0. The summed E-state index contributed by atoms with van der Waals surface area (Å²) in [4.78, 5) is 30.7. The molecule has 0 saturated carbocycles. The van der Waals surface area contributed by atoms with Crippen molar-refractivity contribution < 1.29 is 14.8 Å². The van der Waals surface area contributed by atoms with Crippen LogP contribution in [0, 0.1) is 10.1 Å². The summed E-state index contributed by atoms with van der Waals surface area (Å²) in [6, 6.07) is 7.96. The third kappa shape index (κ3) is 3.11. The number of non-ortho nitro benzene ring substituents is 1. The SMILES string of the molecule is CC1=CC(c2cncc(C(=O)O)c2)(c2cccc([N+](=O)[O-])c2)CC(C)=N1. The van der Waals surface area contributed by atoms with Crippen LogP contribution in [0.2, 0.25) is 0 Å². The maximum absolute atomic E-state index is 11.4. The fraction of sp³-hybridized carbons (Fsp3) is 0.211. The van der Waals surface area contributed by atoms with Gasteiger partial charge < -0.3 is 5.11 Å². The van der Waals surface area contributed by atoms with Gasteiger partial charge in [-0.05, 0) is 37.1 Å². The zero-order valence-corrected chi connectivity index (χ0v) is 14.3. The van der Waals surface area contributed by atoms with Gasteiger partial charge in [-0.25, -0.2) is 4.79 Å². The van der Waals surface area contributed by atoms with E-state index in [-0.39, 0.29) is 11.3 Å². The molecule has 0 radical (unpaired) electrons. The van der Waals surface area contributed by atoms with E-state index < -0.39 is 16.3 Å². The van der Waals surface area contributed by atoms with E-state index >= 15 is 0 Å². The predicted octanol–water partition coefficient (Wildman–Crippen LogP) is 3.74. The maximum Gasteiger partial charge on any atom is 0.337 e. The summed E-state index contributed by atoms with van der Waals surface area (Å²) in [7, 11) is 0. The van der Waals surface area contributed by atoms with Crippen LogP contribution in [0.3, 0.4) is 0 Å². The van der Waals surface area contributed by atoms with Gasteiger partial charge in [0.05, 0.1) is 10.5 Å². The lowest BCUT2D eigenvalue weighted by Gasteiger charge is -2.34. The van der Waals surface area contributed by atoms with Crippen LogP contribution in [-0.2, 0) is 5.41 Å². The highest BCUT2D eigenvalue weighted by Crippen LogP contribution is 2.42. The molecule has 0 saturated heterocycles. The molecule has 1 atom stereocenters. The Morgan fingerprint density at radius 1 is 1.23 bits per heavy atom. The molecule has 0 fully saturated rings. The van der Waals surface area contributed by atoms with Crippen molar-refractivity contribution in [1.29, 1.82) is 0 Å². The number of rotatable bonds is 4. The van der Waals surface area contributed by atoms with Gasteiger partial charge in [-0.3, -0.25) is 20.1 Å². The number of aromatic carboxylic acids is 1. The summed E-state index contributed by atoms with van der Waals surface area (Å²) in [6.45, 7) is 3.74. The highest BCUT2D eigenvalue weighted by atomic mass is 16.6. The average molecular weight is 351 g/mol. The van der Waals surface area contributed by atoms with Gasteiger partial charge in [0.2, 0.25) is 0 Å².